The Labute approximate surface area is 131 Å². The second kappa shape index (κ2) is 6.60. The number of nitrogens with zero attached hydrogens (tertiary/aromatic N) is 2. The zero-order valence-corrected chi connectivity index (χ0v) is 14.4. The number of hydrogen-bond acceptors (Lipinski definition) is 3. The van der Waals surface area contributed by atoms with E-state index in [1.165, 1.54) is 0 Å². The third kappa shape index (κ3) is 3.64. The molecule has 0 saturated carbocycles. The molecule has 1 aromatic rings. The number of rotatable bonds is 3. The predicted molar refractivity (Wildman–Crippen MR) is 92.8 cm³/mol. The van der Waals surface area contributed by atoms with Crippen LogP contribution in [0.15, 0.2) is 12.1 Å². The van der Waals surface area contributed by atoms with Crippen LogP contribution < -0.4 is 10.2 Å². The number of amides is 2. The maximum absolute atomic E-state index is 12.4. The van der Waals surface area contributed by atoms with E-state index in [1.54, 1.807) is 0 Å². The Balaban J connectivity index is 2.13. The highest BCUT2D eigenvalue weighted by atomic mass is 32.2. The summed E-state index contributed by atoms with van der Waals surface area (Å²) in [6, 6.07) is 4.56. The van der Waals surface area contributed by atoms with E-state index in [0.717, 1.165) is 40.4 Å². The lowest BCUT2D eigenvalue weighted by atomic mass is 10.1. The van der Waals surface area contributed by atoms with E-state index in [0.29, 0.717) is 6.04 Å². The van der Waals surface area contributed by atoms with E-state index in [9.17, 15) is 4.79 Å². The average molecular weight is 307 g/mol. The maximum atomic E-state index is 12.4. The molecular formula is C16H25N3OS. The quantitative estimate of drug-likeness (QED) is 0.930. The van der Waals surface area contributed by atoms with Crippen LogP contribution >= 0.6 is 11.8 Å². The molecule has 1 heterocycles. The van der Waals surface area contributed by atoms with Gasteiger partial charge in [0.15, 0.2) is 0 Å². The number of hydrogen-bond donors (Lipinski definition) is 1. The number of nitrogens with one attached hydrogen (secondary N) is 1. The van der Waals surface area contributed by atoms with Gasteiger partial charge in [-0.3, -0.25) is 0 Å². The molecule has 1 N–H and O–H groups in total. The number of carbonyl (C=O) groups excluding carboxylic acids is 1. The molecule has 2 amide bonds. The van der Waals surface area contributed by atoms with Crippen LogP contribution in [0.2, 0.25) is 0 Å². The Morgan fingerprint density at radius 2 is 1.86 bits per heavy atom. The number of carbonyl (C=O) groups is 1. The number of aryl methyl sites for hydroxylation is 2. The zero-order chi connectivity index (χ0) is 15.6. The summed E-state index contributed by atoms with van der Waals surface area (Å²) in [6.07, 6.45) is 1.09. The normalized spacial score (nSPS) is 17.7. The van der Waals surface area contributed by atoms with Gasteiger partial charge in [0.1, 0.15) is 0 Å². The molecule has 116 valence electrons. The first-order valence-corrected chi connectivity index (χ1v) is 8.45. The smallest absolute Gasteiger partial charge is 0.321 e. The molecule has 2 rings (SSSR count). The van der Waals surface area contributed by atoms with Crippen molar-refractivity contribution in [3.05, 3.63) is 23.3 Å². The van der Waals surface area contributed by atoms with Crippen molar-refractivity contribution in [2.24, 2.45) is 0 Å². The highest BCUT2D eigenvalue weighted by Gasteiger charge is 2.24. The van der Waals surface area contributed by atoms with Crippen LogP contribution in [-0.4, -0.2) is 49.6 Å². The Bertz CT molecular complexity index is 501. The zero-order valence-electron chi connectivity index (χ0n) is 13.6. The third-order valence-electron chi connectivity index (χ3n) is 4.04. The minimum absolute atomic E-state index is 0.00805. The van der Waals surface area contributed by atoms with E-state index in [4.69, 9.17) is 0 Å². The van der Waals surface area contributed by atoms with Gasteiger partial charge in [-0.2, -0.15) is 11.8 Å². The largest absolute Gasteiger partial charge is 0.378 e. The predicted octanol–water partition coefficient (Wildman–Crippen LogP) is 3.34. The molecule has 1 aliphatic rings. The molecule has 0 unspecified atom stereocenters. The van der Waals surface area contributed by atoms with Gasteiger partial charge in [0.25, 0.3) is 0 Å². The van der Waals surface area contributed by atoms with Gasteiger partial charge < -0.3 is 15.1 Å². The fourth-order valence-electron chi connectivity index (χ4n) is 2.58. The van der Waals surface area contributed by atoms with Crippen molar-refractivity contribution < 1.29 is 4.79 Å². The van der Waals surface area contributed by atoms with Crippen LogP contribution in [0, 0.1) is 13.8 Å². The first-order valence-electron chi connectivity index (χ1n) is 7.30. The summed E-state index contributed by atoms with van der Waals surface area (Å²) in [6.45, 7) is 4.09. The number of anilines is 2. The molecule has 1 saturated heterocycles. The van der Waals surface area contributed by atoms with Crippen LogP contribution in [0.4, 0.5) is 16.2 Å². The van der Waals surface area contributed by atoms with Crippen LogP contribution in [0.1, 0.15) is 17.5 Å². The number of thioether (sulfide) groups is 1. The molecule has 0 bridgehead atoms. The summed E-state index contributed by atoms with van der Waals surface area (Å²) >= 11 is 1.92. The summed E-state index contributed by atoms with van der Waals surface area (Å²) in [5, 5.41) is 3.08. The van der Waals surface area contributed by atoms with Crippen molar-refractivity contribution in [3.63, 3.8) is 0 Å². The van der Waals surface area contributed by atoms with E-state index in [-0.39, 0.29) is 6.03 Å². The summed E-state index contributed by atoms with van der Waals surface area (Å²) in [4.78, 5) is 16.3. The third-order valence-corrected chi connectivity index (χ3v) is 5.18. The molecule has 0 spiro atoms. The standard InChI is InChI=1S/C16H25N3OS/c1-11-8-14(18(3)4)9-12(2)15(11)17-16(20)19(5)13-6-7-21-10-13/h8-9,13H,6-7,10H2,1-5H3,(H,17,20)/t13-/m0/s1. The van der Waals surface area contributed by atoms with Gasteiger partial charge in [-0.15, -0.1) is 0 Å². The van der Waals surface area contributed by atoms with Crippen LogP contribution in [0.25, 0.3) is 0 Å². The van der Waals surface area contributed by atoms with E-state index in [2.05, 4.69) is 22.3 Å². The van der Waals surface area contributed by atoms with Crippen LogP contribution in [-0.2, 0) is 0 Å². The lowest BCUT2D eigenvalue weighted by Crippen LogP contribution is -2.40. The topological polar surface area (TPSA) is 35.6 Å². The molecule has 4 nitrogen and oxygen atoms in total. The van der Waals surface area contributed by atoms with Gasteiger partial charge in [-0.05, 0) is 49.3 Å². The Hall–Kier alpha value is -1.36. The first-order chi connectivity index (χ1) is 9.90. The van der Waals surface area contributed by atoms with Crippen molar-refractivity contribution in [1.29, 1.82) is 0 Å². The summed E-state index contributed by atoms with van der Waals surface area (Å²) < 4.78 is 0. The molecule has 0 aromatic heterocycles. The lowest BCUT2D eigenvalue weighted by Gasteiger charge is -2.25. The summed E-state index contributed by atoms with van der Waals surface area (Å²) in [5.74, 6) is 2.19. The number of benzene rings is 1. The molecule has 0 radical (unpaired) electrons. The van der Waals surface area contributed by atoms with Crippen molar-refractivity contribution in [2.45, 2.75) is 26.3 Å². The van der Waals surface area contributed by atoms with Gasteiger partial charge in [-0.1, -0.05) is 0 Å². The Morgan fingerprint density at radius 1 is 1.24 bits per heavy atom. The van der Waals surface area contributed by atoms with Gasteiger partial charge in [-0.25, -0.2) is 4.79 Å². The molecule has 5 heteroatoms. The summed E-state index contributed by atoms with van der Waals surface area (Å²) in [5.41, 5.74) is 4.29. The highest BCUT2D eigenvalue weighted by molar-refractivity contribution is 7.99. The number of urea groups is 1. The minimum atomic E-state index is -0.00805. The van der Waals surface area contributed by atoms with Crippen LogP contribution in [0.5, 0.6) is 0 Å². The fraction of sp³-hybridized carbons (Fsp3) is 0.562. The highest BCUT2D eigenvalue weighted by Crippen LogP contribution is 2.27. The second-order valence-electron chi connectivity index (χ2n) is 5.91. The van der Waals surface area contributed by atoms with Crippen molar-refractivity contribution in [3.8, 4) is 0 Å². The molecule has 21 heavy (non-hydrogen) atoms. The lowest BCUT2D eigenvalue weighted by molar-refractivity contribution is 0.209. The maximum Gasteiger partial charge on any atom is 0.321 e. The molecule has 1 aliphatic heterocycles. The molecule has 0 aliphatic carbocycles. The Kier molecular flexibility index (Phi) is 5.04. The Morgan fingerprint density at radius 3 is 2.33 bits per heavy atom. The monoisotopic (exact) mass is 307 g/mol. The first kappa shape index (κ1) is 16.0. The van der Waals surface area contributed by atoms with Crippen LogP contribution in [0.3, 0.4) is 0 Å². The SMILES string of the molecule is Cc1cc(N(C)C)cc(C)c1NC(=O)N(C)[C@H]1CCSC1. The minimum Gasteiger partial charge on any atom is -0.378 e. The molecule has 1 fully saturated rings. The van der Waals surface area contributed by atoms with Crippen molar-refractivity contribution in [1.82, 2.24) is 4.90 Å². The average Bonchev–Trinajstić information content (AvgIpc) is 2.95. The second-order valence-corrected chi connectivity index (χ2v) is 7.06. The van der Waals surface area contributed by atoms with Gasteiger partial charge >= 0.3 is 6.03 Å². The summed E-state index contributed by atoms with van der Waals surface area (Å²) in [7, 11) is 5.95. The molecular weight excluding hydrogens is 282 g/mol. The van der Waals surface area contributed by atoms with Gasteiger partial charge in [0.2, 0.25) is 0 Å². The van der Waals surface area contributed by atoms with Gasteiger partial charge in [0, 0.05) is 44.3 Å². The van der Waals surface area contributed by atoms with E-state index < -0.39 is 0 Å². The molecule has 1 atom stereocenters. The van der Waals surface area contributed by atoms with E-state index >= 15 is 0 Å². The fourth-order valence-corrected chi connectivity index (χ4v) is 3.85. The van der Waals surface area contributed by atoms with Gasteiger partial charge in [0.05, 0.1) is 0 Å². The van der Waals surface area contributed by atoms with Crippen molar-refractivity contribution >= 4 is 29.2 Å². The van der Waals surface area contributed by atoms with Crippen molar-refractivity contribution in [2.75, 3.05) is 42.9 Å². The molecule has 1 aromatic carbocycles. The van der Waals surface area contributed by atoms with E-state index in [1.807, 2.05) is 51.7 Å².